The van der Waals surface area contributed by atoms with E-state index in [9.17, 15) is 4.79 Å². The minimum atomic E-state index is 0.130. The molecule has 2 aliphatic rings. The average molecular weight is 245 g/mol. The van der Waals surface area contributed by atoms with Gasteiger partial charge in [0.2, 0.25) is 0 Å². The van der Waals surface area contributed by atoms with Crippen LogP contribution in [-0.2, 0) is 0 Å². The molecule has 0 aromatic carbocycles. The topological polar surface area (TPSA) is 59.2 Å². The maximum absolute atomic E-state index is 12.6. The molecule has 0 radical (unpaired) electrons. The molecule has 2 saturated heterocycles. The summed E-state index contributed by atoms with van der Waals surface area (Å²) in [4.78, 5) is 18.7. The molecular formula is C14H19N3O. The molecule has 1 amide bonds. The predicted octanol–water partition coefficient (Wildman–Crippen LogP) is 1.48. The number of pyridine rings is 1. The Morgan fingerprint density at radius 1 is 1.33 bits per heavy atom. The van der Waals surface area contributed by atoms with Crippen molar-refractivity contribution >= 4 is 5.91 Å². The highest BCUT2D eigenvalue weighted by Crippen LogP contribution is 2.36. The Hall–Kier alpha value is -1.42. The number of rotatable bonds is 1. The van der Waals surface area contributed by atoms with Gasteiger partial charge in [-0.05, 0) is 44.2 Å². The monoisotopic (exact) mass is 245 g/mol. The second-order valence-corrected chi connectivity index (χ2v) is 5.58. The zero-order valence-corrected chi connectivity index (χ0v) is 10.7. The normalized spacial score (nSPS) is 30.6. The summed E-state index contributed by atoms with van der Waals surface area (Å²) < 4.78 is 0. The van der Waals surface area contributed by atoms with E-state index in [0.717, 1.165) is 31.2 Å². The Morgan fingerprint density at radius 2 is 2.00 bits per heavy atom. The van der Waals surface area contributed by atoms with Gasteiger partial charge in [-0.15, -0.1) is 0 Å². The van der Waals surface area contributed by atoms with Crippen LogP contribution < -0.4 is 5.73 Å². The van der Waals surface area contributed by atoms with Crippen LogP contribution in [-0.4, -0.2) is 33.9 Å². The Bertz CT molecular complexity index is 460. The number of amides is 1. The van der Waals surface area contributed by atoms with Crippen molar-refractivity contribution in [1.82, 2.24) is 9.88 Å². The minimum absolute atomic E-state index is 0.130. The molecule has 3 heterocycles. The van der Waals surface area contributed by atoms with Crippen LogP contribution in [0.4, 0.5) is 0 Å². The molecule has 0 saturated carbocycles. The minimum Gasteiger partial charge on any atom is -0.333 e. The number of piperidine rings is 1. The standard InChI is InChI=1S/C14H19N3O/c1-9-4-10(8-16-7-9)14(18)17-12-2-3-13(17)6-11(15)5-12/h4,7-8,11-13H,2-3,5-6,15H2,1H3. The fourth-order valence-electron chi connectivity index (χ4n) is 3.37. The molecule has 2 aliphatic heterocycles. The molecule has 4 heteroatoms. The summed E-state index contributed by atoms with van der Waals surface area (Å²) in [5, 5.41) is 0. The number of hydrogen-bond donors (Lipinski definition) is 1. The maximum atomic E-state index is 12.6. The molecule has 1 aromatic heterocycles. The Morgan fingerprint density at radius 3 is 2.61 bits per heavy atom. The van der Waals surface area contributed by atoms with Gasteiger partial charge in [0.05, 0.1) is 5.56 Å². The van der Waals surface area contributed by atoms with Crippen molar-refractivity contribution in [2.75, 3.05) is 0 Å². The summed E-state index contributed by atoms with van der Waals surface area (Å²) in [5.74, 6) is 0.130. The number of hydrogen-bond acceptors (Lipinski definition) is 3. The second kappa shape index (κ2) is 4.35. The molecule has 2 fully saturated rings. The van der Waals surface area contributed by atoms with E-state index in [1.165, 1.54) is 0 Å². The van der Waals surface area contributed by atoms with Crippen molar-refractivity contribution in [2.24, 2.45) is 5.73 Å². The van der Waals surface area contributed by atoms with Crippen LogP contribution in [0.3, 0.4) is 0 Å². The first-order valence-electron chi connectivity index (χ1n) is 6.65. The molecule has 96 valence electrons. The van der Waals surface area contributed by atoms with Crippen molar-refractivity contribution in [2.45, 2.75) is 50.7 Å². The van der Waals surface area contributed by atoms with Gasteiger partial charge < -0.3 is 10.6 Å². The quantitative estimate of drug-likeness (QED) is 0.815. The molecule has 0 aliphatic carbocycles. The van der Waals surface area contributed by atoms with Gasteiger partial charge in [-0.25, -0.2) is 0 Å². The first kappa shape index (κ1) is 11.7. The largest absolute Gasteiger partial charge is 0.333 e. The molecule has 0 spiro atoms. The summed E-state index contributed by atoms with van der Waals surface area (Å²) in [6.45, 7) is 1.96. The molecule has 2 unspecified atom stereocenters. The van der Waals surface area contributed by atoms with Gasteiger partial charge in [0.1, 0.15) is 0 Å². The van der Waals surface area contributed by atoms with Crippen LogP contribution in [0.25, 0.3) is 0 Å². The van der Waals surface area contributed by atoms with Crippen molar-refractivity contribution in [3.05, 3.63) is 29.6 Å². The Kier molecular flexibility index (Phi) is 2.82. The van der Waals surface area contributed by atoms with E-state index >= 15 is 0 Å². The second-order valence-electron chi connectivity index (χ2n) is 5.58. The number of carbonyl (C=O) groups is 1. The fraction of sp³-hybridized carbons (Fsp3) is 0.571. The predicted molar refractivity (Wildman–Crippen MR) is 69.2 cm³/mol. The third-order valence-corrected chi connectivity index (χ3v) is 4.13. The maximum Gasteiger partial charge on any atom is 0.255 e. The molecular weight excluding hydrogens is 226 g/mol. The van der Waals surface area contributed by atoms with Gasteiger partial charge in [-0.1, -0.05) is 0 Å². The van der Waals surface area contributed by atoms with E-state index in [0.29, 0.717) is 17.6 Å². The van der Waals surface area contributed by atoms with E-state index < -0.39 is 0 Å². The van der Waals surface area contributed by atoms with Crippen LogP contribution in [0, 0.1) is 6.92 Å². The van der Waals surface area contributed by atoms with E-state index in [2.05, 4.69) is 9.88 Å². The van der Waals surface area contributed by atoms with Gasteiger partial charge in [0.15, 0.2) is 0 Å². The van der Waals surface area contributed by atoms with Gasteiger partial charge in [-0.3, -0.25) is 9.78 Å². The van der Waals surface area contributed by atoms with Crippen LogP contribution >= 0.6 is 0 Å². The van der Waals surface area contributed by atoms with Crippen molar-refractivity contribution in [3.63, 3.8) is 0 Å². The number of aromatic nitrogens is 1. The third kappa shape index (κ3) is 1.90. The Labute approximate surface area is 107 Å². The molecule has 2 atom stereocenters. The lowest BCUT2D eigenvalue weighted by Gasteiger charge is -2.37. The van der Waals surface area contributed by atoms with Gasteiger partial charge in [0.25, 0.3) is 5.91 Å². The molecule has 18 heavy (non-hydrogen) atoms. The van der Waals surface area contributed by atoms with E-state index in [1.54, 1.807) is 12.4 Å². The summed E-state index contributed by atoms with van der Waals surface area (Å²) >= 11 is 0. The SMILES string of the molecule is Cc1cncc(C(=O)N2C3CCC2CC(N)C3)c1. The fourth-order valence-corrected chi connectivity index (χ4v) is 3.37. The summed E-state index contributed by atoms with van der Waals surface area (Å²) in [6, 6.07) is 2.87. The number of aryl methyl sites for hydroxylation is 1. The molecule has 4 nitrogen and oxygen atoms in total. The lowest BCUT2D eigenvalue weighted by Crippen LogP contribution is -2.50. The zero-order chi connectivity index (χ0) is 12.7. The average Bonchev–Trinajstić information content (AvgIpc) is 2.61. The van der Waals surface area contributed by atoms with Crippen LogP contribution in [0.1, 0.15) is 41.6 Å². The first-order chi connectivity index (χ1) is 8.65. The van der Waals surface area contributed by atoms with Gasteiger partial charge >= 0.3 is 0 Å². The smallest absolute Gasteiger partial charge is 0.255 e. The summed E-state index contributed by atoms with van der Waals surface area (Å²) in [7, 11) is 0. The number of nitrogens with two attached hydrogens (primary N) is 1. The van der Waals surface area contributed by atoms with E-state index in [1.807, 2.05) is 13.0 Å². The highest BCUT2D eigenvalue weighted by atomic mass is 16.2. The number of fused-ring (bicyclic) bond motifs is 2. The highest BCUT2D eigenvalue weighted by molar-refractivity contribution is 5.94. The summed E-state index contributed by atoms with van der Waals surface area (Å²) in [5.41, 5.74) is 7.77. The molecule has 2 N–H and O–H groups in total. The van der Waals surface area contributed by atoms with Gasteiger partial charge in [-0.2, -0.15) is 0 Å². The van der Waals surface area contributed by atoms with Crippen molar-refractivity contribution in [3.8, 4) is 0 Å². The first-order valence-corrected chi connectivity index (χ1v) is 6.65. The summed E-state index contributed by atoms with van der Waals surface area (Å²) in [6.07, 6.45) is 7.54. The lowest BCUT2D eigenvalue weighted by atomic mass is 9.97. The molecule has 3 rings (SSSR count). The lowest BCUT2D eigenvalue weighted by molar-refractivity contribution is 0.0574. The van der Waals surface area contributed by atoms with Crippen LogP contribution in [0.15, 0.2) is 18.5 Å². The van der Waals surface area contributed by atoms with Crippen molar-refractivity contribution in [1.29, 1.82) is 0 Å². The number of carbonyl (C=O) groups excluding carboxylic acids is 1. The highest BCUT2D eigenvalue weighted by Gasteiger charge is 2.42. The zero-order valence-electron chi connectivity index (χ0n) is 10.7. The van der Waals surface area contributed by atoms with E-state index in [4.69, 9.17) is 5.73 Å². The van der Waals surface area contributed by atoms with Crippen molar-refractivity contribution < 1.29 is 4.79 Å². The third-order valence-electron chi connectivity index (χ3n) is 4.13. The Balaban J connectivity index is 1.85. The number of nitrogens with zero attached hydrogens (tertiary/aromatic N) is 2. The van der Waals surface area contributed by atoms with E-state index in [-0.39, 0.29) is 11.9 Å². The van der Waals surface area contributed by atoms with Gasteiger partial charge in [0, 0.05) is 30.5 Å². The van der Waals surface area contributed by atoms with Crippen LogP contribution in [0.2, 0.25) is 0 Å². The molecule has 2 bridgehead atoms. The molecule has 1 aromatic rings. The van der Waals surface area contributed by atoms with Crippen LogP contribution in [0.5, 0.6) is 0 Å².